The molecule has 5 aromatic rings. The van der Waals surface area contributed by atoms with Gasteiger partial charge in [-0.15, -0.1) is 0 Å². The lowest BCUT2D eigenvalue weighted by molar-refractivity contribution is -0.384. The van der Waals surface area contributed by atoms with Crippen molar-refractivity contribution in [3.05, 3.63) is 112 Å². The zero-order valence-electron chi connectivity index (χ0n) is 18.6. The number of fused-ring (bicyclic) bond motifs is 1. The topological polar surface area (TPSA) is 145 Å². The molecule has 3 heterocycles. The molecule has 0 radical (unpaired) electrons. The number of nitro benzene ring substituents is 1. The van der Waals surface area contributed by atoms with Crippen LogP contribution in [-0.4, -0.2) is 31.5 Å². The molecule has 0 bridgehead atoms. The van der Waals surface area contributed by atoms with E-state index in [1.165, 1.54) is 30.5 Å². The Labute approximate surface area is 203 Å². The Morgan fingerprint density at radius 1 is 0.972 bits per heavy atom. The Hall–Kier alpha value is -5.32. The van der Waals surface area contributed by atoms with E-state index in [2.05, 4.69) is 16.0 Å². The van der Waals surface area contributed by atoms with E-state index in [-0.39, 0.29) is 16.8 Å². The Morgan fingerprint density at radius 3 is 2.42 bits per heavy atom. The predicted octanol–water partition coefficient (Wildman–Crippen LogP) is 3.72. The minimum atomic E-state index is -0.625. The fourth-order valence-corrected chi connectivity index (χ4v) is 3.65. The summed E-state index contributed by atoms with van der Waals surface area (Å²) >= 11 is 0. The molecule has 0 saturated heterocycles. The highest BCUT2D eigenvalue weighted by molar-refractivity contribution is 6.07. The van der Waals surface area contributed by atoms with Gasteiger partial charge >= 0.3 is 0 Å². The minimum absolute atomic E-state index is 0.144. The molecule has 2 N–H and O–H groups in total. The van der Waals surface area contributed by atoms with E-state index in [1.807, 2.05) is 36.4 Å². The van der Waals surface area contributed by atoms with Crippen LogP contribution in [0.2, 0.25) is 0 Å². The molecule has 0 aliphatic heterocycles. The van der Waals surface area contributed by atoms with Crippen molar-refractivity contribution >= 4 is 28.5 Å². The molecule has 2 aromatic carbocycles. The standard InChI is InChI=1S/C25H18N6O5/c32-24(17-8-10-18(11-9-17)31(34)35)28-29-25(33)20-13-22(16-5-2-1-3-6-16)27-23-21(20)14-26-30(23)15-19-7-4-12-36-19/h1-14H,15H2,(H,28,32)(H,29,33). The van der Waals surface area contributed by atoms with E-state index in [0.29, 0.717) is 29.0 Å². The summed E-state index contributed by atoms with van der Waals surface area (Å²) in [6.45, 7) is 0.319. The average molecular weight is 482 g/mol. The summed E-state index contributed by atoms with van der Waals surface area (Å²) in [7, 11) is 0. The van der Waals surface area contributed by atoms with Crippen molar-refractivity contribution in [1.29, 1.82) is 0 Å². The van der Waals surface area contributed by atoms with Crippen molar-refractivity contribution in [2.75, 3.05) is 0 Å². The monoisotopic (exact) mass is 482 g/mol. The van der Waals surface area contributed by atoms with Crippen molar-refractivity contribution in [2.45, 2.75) is 6.54 Å². The molecule has 3 aromatic heterocycles. The summed E-state index contributed by atoms with van der Waals surface area (Å²) in [4.78, 5) is 40.6. The number of hydrogen-bond donors (Lipinski definition) is 2. The number of benzene rings is 2. The Balaban J connectivity index is 1.44. The van der Waals surface area contributed by atoms with E-state index < -0.39 is 16.7 Å². The first-order valence-corrected chi connectivity index (χ1v) is 10.8. The molecule has 0 saturated carbocycles. The lowest BCUT2D eigenvalue weighted by atomic mass is 10.1. The number of non-ortho nitro benzene ring substituents is 1. The van der Waals surface area contributed by atoms with Crippen molar-refractivity contribution in [3.63, 3.8) is 0 Å². The fraction of sp³-hybridized carbons (Fsp3) is 0.0400. The van der Waals surface area contributed by atoms with E-state index in [0.717, 1.165) is 5.56 Å². The van der Waals surface area contributed by atoms with Crippen LogP contribution >= 0.6 is 0 Å². The molecule has 11 heteroatoms. The molecule has 36 heavy (non-hydrogen) atoms. The van der Waals surface area contributed by atoms with Crippen LogP contribution in [0.1, 0.15) is 26.5 Å². The maximum absolute atomic E-state index is 13.1. The molecule has 11 nitrogen and oxygen atoms in total. The summed E-state index contributed by atoms with van der Waals surface area (Å²) in [5.41, 5.74) is 6.83. The van der Waals surface area contributed by atoms with Crippen molar-refractivity contribution in [3.8, 4) is 11.3 Å². The number of furan rings is 1. The zero-order valence-corrected chi connectivity index (χ0v) is 18.6. The van der Waals surface area contributed by atoms with Gasteiger partial charge in [0.2, 0.25) is 0 Å². The number of carbonyl (C=O) groups excluding carboxylic acids is 2. The van der Waals surface area contributed by atoms with Crippen LogP contribution in [-0.2, 0) is 6.54 Å². The van der Waals surface area contributed by atoms with E-state index in [9.17, 15) is 19.7 Å². The summed E-state index contributed by atoms with van der Waals surface area (Å²) in [5, 5.41) is 15.7. The number of pyridine rings is 1. The van der Waals surface area contributed by atoms with Crippen LogP contribution in [0.5, 0.6) is 0 Å². The molecule has 178 valence electrons. The summed E-state index contributed by atoms with van der Waals surface area (Å²) in [6, 6.07) is 19.6. The van der Waals surface area contributed by atoms with Crippen LogP contribution in [0.3, 0.4) is 0 Å². The van der Waals surface area contributed by atoms with Crippen LogP contribution in [0.4, 0.5) is 5.69 Å². The molecular formula is C25H18N6O5. The Kier molecular flexibility index (Phi) is 5.93. The van der Waals surface area contributed by atoms with Gasteiger partial charge in [-0.1, -0.05) is 30.3 Å². The second-order valence-electron chi connectivity index (χ2n) is 7.75. The van der Waals surface area contributed by atoms with Crippen LogP contribution in [0.15, 0.2) is 89.7 Å². The number of amides is 2. The number of nitrogens with zero attached hydrogens (tertiary/aromatic N) is 4. The molecule has 0 fully saturated rings. The fourth-order valence-electron chi connectivity index (χ4n) is 3.65. The van der Waals surface area contributed by atoms with Gasteiger partial charge in [-0.05, 0) is 30.3 Å². The third-order valence-electron chi connectivity index (χ3n) is 5.44. The van der Waals surface area contributed by atoms with Crippen molar-refractivity contribution < 1.29 is 18.9 Å². The molecule has 0 aliphatic carbocycles. The number of nitrogens with one attached hydrogen (secondary N) is 2. The van der Waals surface area contributed by atoms with Gasteiger partial charge < -0.3 is 4.42 Å². The lowest BCUT2D eigenvalue weighted by Gasteiger charge is -2.10. The SMILES string of the molecule is O=C(NNC(=O)c1cc(-c2ccccc2)nc2c1cnn2Cc1ccco1)c1ccc([N+](=O)[O-])cc1. The number of carbonyl (C=O) groups is 2. The maximum Gasteiger partial charge on any atom is 0.270 e. The highest BCUT2D eigenvalue weighted by Crippen LogP contribution is 2.25. The predicted molar refractivity (Wildman–Crippen MR) is 129 cm³/mol. The van der Waals surface area contributed by atoms with Gasteiger partial charge in [0.25, 0.3) is 17.5 Å². The first kappa shape index (κ1) is 22.5. The Bertz CT molecular complexity index is 1560. The van der Waals surface area contributed by atoms with E-state index >= 15 is 0 Å². The maximum atomic E-state index is 13.1. The van der Waals surface area contributed by atoms with Gasteiger partial charge in [-0.2, -0.15) is 5.10 Å². The van der Waals surface area contributed by atoms with Gasteiger partial charge in [0.15, 0.2) is 5.65 Å². The highest BCUT2D eigenvalue weighted by atomic mass is 16.6. The lowest BCUT2D eigenvalue weighted by Crippen LogP contribution is -2.41. The molecular weight excluding hydrogens is 464 g/mol. The molecule has 0 atom stereocenters. The molecule has 0 aliphatic rings. The average Bonchev–Trinajstić information content (AvgIpc) is 3.57. The van der Waals surface area contributed by atoms with E-state index in [4.69, 9.17) is 9.40 Å². The first-order chi connectivity index (χ1) is 17.5. The smallest absolute Gasteiger partial charge is 0.270 e. The summed E-state index contributed by atoms with van der Waals surface area (Å²) in [5.74, 6) is -0.527. The highest BCUT2D eigenvalue weighted by Gasteiger charge is 2.19. The quantitative estimate of drug-likeness (QED) is 0.277. The summed E-state index contributed by atoms with van der Waals surface area (Å²) in [6.07, 6.45) is 3.10. The second kappa shape index (κ2) is 9.50. The summed E-state index contributed by atoms with van der Waals surface area (Å²) < 4.78 is 7.05. The second-order valence-corrected chi connectivity index (χ2v) is 7.75. The van der Waals surface area contributed by atoms with Gasteiger partial charge in [-0.25, -0.2) is 9.67 Å². The van der Waals surface area contributed by atoms with Crippen LogP contribution in [0.25, 0.3) is 22.3 Å². The number of hydrazine groups is 1. The molecule has 2 amide bonds. The number of rotatable bonds is 6. The first-order valence-electron chi connectivity index (χ1n) is 10.8. The van der Waals surface area contributed by atoms with Crippen LogP contribution in [0, 0.1) is 10.1 Å². The molecule has 0 unspecified atom stereocenters. The van der Waals surface area contributed by atoms with Gasteiger partial charge in [0, 0.05) is 23.3 Å². The third-order valence-corrected chi connectivity index (χ3v) is 5.44. The zero-order chi connectivity index (χ0) is 25.1. The van der Waals surface area contributed by atoms with E-state index in [1.54, 1.807) is 23.1 Å². The third kappa shape index (κ3) is 4.53. The number of hydrogen-bond acceptors (Lipinski definition) is 7. The Morgan fingerprint density at radius 2 is 1.72 bits per heavy atom. The number of nitro groups is 1. The van der Waals surface area contributed by atoms with Gasteiger partial charge in [0.1, 0.15) is 12.3 Å². The largest absolute Gasteiger partial charge is 0.467 e. The minimum Gasteiger partial charge on any atom is -0.467 e. The van der Waals surface area contributed by atoms with Gasteiger partial charge in [0.05, 0.1) is 34.0 Å². The van der Waals surface area contributed by atoms with Crippen LogP contribution < -0.4 is 10.9 Å². The number of aromatic nitrogens is 3. The van der Waals surface area contributed by atoms with Crippen molar-refractivity contribution in [2.24, 2.45) is 0 Å². The van der Waals surface area contributed by atoms with Crippen molar-refractivity contribution in [1.82, 2.24) is 25.6 Å². The molecule has 0 spiro atoms. The molecule has 5 rings (SSSR count). The van der Waals surface area contributed by atoms with Gasteiger partial charge in [-0.3, -0.25) is 30.6 Å². The normalized spacial score (nSPS) is 10.8.